The molecule has 504 valence electrons. The molecule has 8 atom stereocenters. The van der Waals surface area contributed by atoms with E-state index in [4.69, 9.17) is 85.0 Å². The predicted molar refractivity (Wildman–Crippen MR) is 332 cm³/mol. The van der Waals surface area contributed by atoms with E-state index in [0.717, 1.165) is 0 Å². The molecule has 89 heavy (non-hydrogen) atoms. The Balaban J connectivity index is -0.00000100. The Morgan fingerprint density at radius 1 is 0.551 bits per heavy atom. The van der Waals surface area contributed by atoms with Crippen molar-refractivity contribution >= 4 is 112 Å². The van der Waals surface area contributed by atoms with Crippen LogP contribution in [0.2, 0.25) is 0 Å². The summed E-state index contributed by atoms with van der Waals surface area (Å²) >= 11 is 19.1. The number of hydrogen-bond acceptors (Lipinski definition) is 20. The molecular weight excluding hydrogens is 1250 g/mol. The maximum absolute atomic E-state index is 11.7. The van der Waals surface area contributed by atoms with Gasteiger partial charge in [0.05, 0.1) is 77.8 Å². The summed E-state index contributed by atoms with van der Waals surface area (Å²) in [5.74, 6) is -5.48. The lowest BCUT2D eigenvalue weighted by Crippen LogP contribution is -2.38. The molecule has 0 heterocycles. The molecule has 0 aliphatic heterocycles. The predicted octanol–water partition coefficient (Wildman–Crippen LogP) is 8.61. The van der Waals surface area contributed by atoms with Gasteiger partial charge in [-0.05, 0) is 127 Å². The van der Waals surface area contributed by atoms with Gasteiger partial charge in [-0.15, -0.1) is 46.4 Å². The number of carboxylic acid groups (broad SMARTS) is 2. The van der Waals surface area contributed by atoms with Crippen molar-refractivity contribution in [3.8, 4) is 11.5 Å². The highest BCUT2D eigenvalue weighted by Gasteiger charge is 2.63. The van der Waals surface area contributed by atoms with Gasteiger partial charge in [-0.3, -0.25) is 38.4 Å². The van der Waals surface area contributed by atoms with Crippen molar-refractivity contribution in [1.29, 1.82) is 0 Å². The molecule has 6 rings (SSSR count). The number of para-hydroxylation sites is 2. The molecule has 4 saturated carbocycles. The minimum absolute atomic E-state index is 0. The quantitative estimate of drug-likeness (QED) is 0.0257. The van der Waals surface area contributed by atoms with Crippen LogP contribution in [0.25, 0.3) is 0 Å². The molecule has 4 aliphatic carbocycles. The third kappa shape index (κ3) is 33.6. The number of carboxylic acids is 2. The third-order valence-corrected chi connectivity index (χ3v) is 12.3. The molecule has 0 radical (unpaired) electrons. The van der Waals surface area contributed by atoms with Crippen LogP contribution in [0.3, 0.4) is 0 Å². The van der Waals surface area contributed by atoms with Gasteiger partial charge >= 0.3 is 47.8 Å². The second-order valence-corrected chi connectivity index (χ2v) is 22.5. The lowest BCUT2D eigenvalue weighted by Gasteiger charge is -2.20. The molecule has 2 aromatic carbocycles. The Kier molecular flexibility index (Phi) is 41.8. The number of Topliss-reactive ketones (excluding diaryl/α,β-unsaturated/α-hetero) is 1. The topological polar surface area (TPSA) is 346 Å². The number of aliphatic carboxylic acids is 2. The Labute approximate surface area is 541 Å². The minimum Gasteiger partial charge on any atom is -0.484 e. The zero-order valence-corrected chi connectivity index (χ0v) is 55.1. The average Bonchev–Trinajstić information content (AvgIpc) is 1.64. The summed E-state index contributed by atoms with van der Waals surface area (Å²) in [6.07, 6.45) is 1.57. The number of nitrogens with one attached hydrogen (secondary N) is 2. The number of aliphatic hydroxyl groups is 1. The van der Waals surface area contributed by atoms with Gasteiger partial charge < -0.3 is 63.8 Å². The van der Waals surface area contributed by atoms with Crippen molar-refractivity contribution < 1.29 is 106 Å². The van der Waals surface area contributed by atoms with Crippen molar-refractivity contribution in [2.45, 2.75) is 146 Å². The van der Waals surface area contributed by atoms with Crippen LogP contribution in [0, 0.1) is 28.1 Å². The fourth-order valence-corrected chi connectivity index (χ4v) is 6.90. The maximum atomic E-state index is 11.7. The third-order valence-electron chi connectivity index (χ3n) is 12.3. The first-order valence-electron chi connectivity index (χ1n) is 27.6. The van der Waals surface area contributed by atoms with Crippen LogP contribution in [-0.2, 0) is 81.2 Å². The monoisotopic (exact) mass is 1340 g/mol. The van der Waals surface area contributed by atoms with Crippen molar-refractivity contribution in [2.24, 2.45) is 28.1 Å². The number of carbonyl (C=O) groups excluding carboxylic acids is 9. The Bertz CT molecular complexity index is 2560. The summed E-state index contributed by atoms with van der Waals surface area (Å²) in [6.45, 7) is 26.9. The smallest absolute Gasteiger partial charge is 0.374 e. The second-order valence-electron chi connectivity index (χ2n) is 20.9. The summed E-state index contributed by atoms with van der Waals surface area (Å²) in [4.78, 5) is 121. The fourth-order valence-electron chi connectivity index (χ4n) is 6.90. The molecule has 4 aliphatic rings. The molecule has 4 fully saturated rings. The number of halogens is 4. The normalized spacial score (nSPS) is 21.9. The Hall–Kier alpha value is -6.73. The summed E-state index contributed by atoms with van der Waals surface area (Å²) in [7, 11) is 0. The highest BCUT2D eigenvalue weighted by Crippen LogP contribution is 2.54. The van der Waals surface area contributed by atoms with E-state index in [1.807, 2.05) is 45.0 Å². The zero-order chi connectivity index (χ0) is 68.2. The SMILES string of the molecule is C.C=C(C)C(=O)OCC.CCOC(=O)C(C)=O.CCOC(=O)C1(C)CC1C(=O)O.CCOC(=O)C1(C)CC1C(=O)OC(C)(C)C.CCOC(=O)C1(C)CC1NC(=O)COc1ccccc1.ClCCl.ClCCl.O=C(COc1ccccc1)NC1CC1(O)C(=O)O. The molecule has 2 amide bonds. The van der Waals surface area contributed by atoms with Crippen LogP contribution in [0.5, 0.6) is 11.5 Å². The summed E-state index contributed by atoms with van der Waals surface area (Å²) in [5.41, 5.74) is -3.89. The molecular formula is C61H90Cl4N2O22. The van der Waals surface area contributed by atoms with Gasteiger partial charge in [-0.1, -0.05) is 50.4 Å². The van der Waals surface area contributed by atoms with Crippen LogP contribution in [0.4, 0.5) is 0 Å². The van der Waals surface area contributed by atoms with E-state index in [1.165, 1.54) is 6.92 Å². The molecule has 5 N–H and O–H groups in total. The molecule has 8 unspecified atom stereocenters. The van der Waals surface area contributed by atoms with Crippen LogP contribution in [-0.4, -0.2) is 161 Å². The maximum Gasteiger partial charge on any atom is 0.374 e. The average molecular weight is 1350 g/mol. The Morgan fingerprint density at radius 2 is 0.899 bits per heavy atom. The summed E-state index contributed by atoms with van der Waals surface area (Å²) in [5, 5.41) is 32.3. The first-order chi connectivity index (χ1) is 41.0. The van der Waals surface area contributed by atoms with Crippen LogP contribution in [0.1, 0.15) is 123 Å². The van der Waals surface area contributed by atoms with Gasteiger partial charge in [0, 0.05) is 25.0 Å². The van der Waals surface area contributed by atoms with E-state index in [9.17, 15) is 57.8 Å². The van der Waals surface area contributed by atoms with E-state index in [0.29, 0.717) is 62.8 Å². The number of ketones is 1. The van der Waals surface area contributed by atoms with Crippen molar-refractivity contribution in [3.63, 3.8) is 0 Å². The number of alkyl halides is 4. The van der Waals surface area contributed by atoms with Crippen molar-refractivity contribution in [3.05, 3.63) is 72.8 Å². The van der Waals surface area contributed by atoms with E-state index in [-0.39, 0.29) is 86.1 Å². The standard InChI is InChI=1S/C15H19NO4.C12H13NO5.C12H20O4.C8H12O4.C6H10O2.C5H8O3.2CH2Cl2.CH4/c1-3-19-14(18)15(2)9-12(15)16-13(17)10-20-11-7-5-4-6-8-11;14-10(7-18-8-4-2-1-3-5-8)13-9-6-12(9,17)11(15)16;1-6-15-10(14)12(5)7-8(12)9(13)16-11(2,3)4;1-3-12-7(11)8(2)4-5(8)6(9)10;1-4-8-6(7)5(2)3;1-3-8-5(7)4(2)6;2*2-1-3;/h4-8,12H,3,9-10H2,1-2H3,(H,16,17);1-5,9,17H,6-7H2,(H,13,14)(H,15,16);8H,6-7H2,1-5H3;5H,3-4H2,1-2H3,(H,9,10);2,4H2,1,3H3;3H2,1-2H3;2*1H2;1H4. The minimum atomic E-state index is -1.82. The van der Waals surface area contributed by atoms with Crippen molar-refractivity contribution in [2.75, 3.05) is 56.9 Å². The first kappa shape index (κ1) is 86.5. The van der Waals surface area contributed by atoms with Gasteiger partial charge in [0.2, 0.25) is 5.78 Å². The van der Waals surface area contributed by atoms with Crippen LogP contribution in [0.15, 0.2) is 72.8 Å². The summed E-state index contributed by atoms with van der Waals surface area (Å²) < 4.78 is 39.3. The molecule has 0 spiro atoms. The molecule has 2 aromatic rings. The van der Waals surface area contributed by atoms with Gasteiger partial charge in [0.15, 0.2) is 18.8 Å². The highest BCUT2D eigenvalue weighted by atomic mass is 35.5. The fraction of sp³-hybridized carbons (Fsp3) is 0.590. The van der Waals surface area contributed by atoms with E-state index in [1.54, 1.807) is 98.7 Å². The number of amides is 2. The number of ether oxygens (including phenoxy) is 8. The van der Waals surface area contributed by atoms with Crippen LogP contribution < -0.4 is 20.1 Å². The number of esters is 6. The van der Waals surface area contributed by atoms with Gasteiger partial charge in [0.1, 0.15) is 17.1 Å². The van der Waals surface area contributed by atoms with Gasteiger partial charge in [0.25, 0.3) is 11.8 Å². The number of carbonyl (C=O) groups is 11. The van der Waals surface area contributed by atoms with E-state index in [2.05, 4.69) is 26.7 Å². The number of rotatable bonds is 21. The largest absolute Gasteiger partial charge is 0.484 e. The Morgan fingerprint density at radius 3 is 1.19 bits per heavy atom. The highest BCUT2D eigenvalue weighted by molar-refractivity contribution is 6.41. The zero-order valence-electron chi connectivity index (χ0n) is 52.1. The van der Waals surface area contributed by atoms with E-state index >= 15 is 0 Å². The first-order valence-corrected chi connectivity index (χ1v) is 29.8. The summed E-state index contributed by atoms with van der Waals surface area (Å²) in [6, 6.07) is 17.0. The van der Waals surface area contributed by atoms with E-state index < -0.39 is 75.0 Å². The second kappa shape index (κ2) is 43.1. The lowest BCUT2D eigenvalue weighted by molar-refractivity contribution is -0.161. The van der Waals surface area contributed by atoms with Gasteiger partial charge in [-0.25, -0.2) is 14.4 Å². The van der Waals surface area contributed by atoms with Crippen molar-refractivity contribution in [1.82, 2.24) is 10.6 Å². The van der Waals surface area contributed by atoms with Gasteiger partial charge in [-0.2, -0.15) is 0 Å². The molecule has 0 aromatic heterocycles. The lowest BCUT2D eigenvalue weighted by atomic mass is 10.1. The molecule has 0 saturated heterocycles. The van der Waals surface area contributed by atoms with Crippen LogP contribution >= 0.6 is 46.4 Å². The molecule has 28 heteroatoms. The number of hydrogen-bond donors (Lipinski definition) is 5. The number of benzene rings is 2. The molecule has 0 bridgehead atoms. The molecule has 24 nitrogen and oxygen atoms in total.